The SMILES string of the molecule is COc1ccc(CCNC(=O)/C=C/c2c(C)nn(Cc3ccc(C)cc3)c2C)cc1OC. The molecule has 0 saturated heterocycles. The Kier molecular flexibility index (Phi) is 7.71. The summed E-state index contributed by atoms with van der Waals surface area (Å²) in [4.78, 5) is 12.3. The van der Waals surface area contributed by atoms with E-state index in [1.165, 1.54) is 11.1 Å². The van der Waals surface area contributed by atoms with Crippen LogP contribution in [0.4, 0.5) is 0 Å². The zero-order valence-electron chi connectivity index (χ0n) is 19.4. The number of carbonyl (C=O) groups is 1. The normalized spacial score (nSPS) is 11.0. The third kappa shape index (κ3) is 5.78. The Balaban J connectivity index is 1.57. The molecule has 2 aromatic carbocycles. The highest BCUT2D eigenvalue weighted by Gasteiger charge is 2.10. The zero-order valence-corrected chi connectivity index (χ0v) is 19.4. The Morgan fingerprint density at radius 1 is 1.00 bits per heavy atom. The summed E-state index contributed by atoms with van der Waals surface area (Å²) in [6.07, 6.45) is 4.11. The first-order chi connectivity index (χ1) is 15.4. The molecule has 168 valence electrons. The van der Waals surface area contributed by atoms with Gasteiger partial charge in [-0.15, -0.1) is 0 Å². The van der Waals surface area contributed by atoms with Crippen molar-refractivity contribution in [1.29, 1.82) is 0 Å². The van der Waals surface area contributed by atoms with Crippen LogP contribution in [0.1, 0.15) is 33.6 Å². The first-order valence-electron chi connectivity index (χ1n) is 10.7. The molecule has 1 N–H and O–H groups in total. The van der Waals surface area contributed by atoms with Gasteiger partial charge in [0.15, 0.2) is 11.5 Å². The predicted octanol–water partition coefficient (Wildman–Crippen LogP) is 4.25. The van der Waals surface area contributed by atoms with Gasteiger partial charge in [-0.25, -0.2) is 0 Å². The summed E-state index contributed by atoms with van der Waals surface area (Å²) >= 11 is 0. The molecule has 1 heterocycles. The maximum atomic E-state index is 12.3. The Bertz CT molecular complexity index is 1100. The molecular weight excluding hydrogens is 402 g/mol. The fraction of sp³-hybridized carbons (Fsp3) is 0.308. The molecule has 0 bridgehead atoms. The molecule has 32 heavy (non-hydrogen) atoms. The van der Waals surface area contributed by atoms with Crippen molar-refractivity contribution in [2.45, 2.75) is 33.7 Å². The van der Waals surface area contributed by atoms with Crippen LogP contribution in [-0.2, 0) is 17.8 Å². The van der Waals surface area contributed by atoms with Crippen LogP contribution in [0.3, 0.4) is 0 Å². The van der Waals surface area contributed by atoms with Gasteiger partial charge in [0.05, 0.1) is 26.5 Å². The third-order valence-corrected chi connectivity index (χ3v) is 5.45. The summed E-state index contributed by atoms with van der Waals surface area (Å²) in [6.45, 7) is 7.31. The van der Waals surface area contributed by atoms with Crippen molar-refractivity contribution in [2.75, 3.05) is 20.8 Å². The highest BCUT2D eigenvalue weighted by molar-refractivity contribution is 5.92. The average molecular weight is 434 g/mol. The summed E-state index contributed by atoms with van der Waals surface area (Å²) < 4.78 is 12.6. The molecule has 1 amide bonds. The zero-order chi connectivity index (χ0) is 23.1. The van der Waals surface area contributed by atoms with Gasteiger partial charge in [0.25, 0.3) is 0 Å². The molecule has 0 aliphatic carbocycles. The summed E-state index contributed by atoms with van der Waals surface area (Å²) in [7, 11) is 3.22. The third-order valence-electron chi connectivity index (χ3n) is 5.45. The smallest absolute Gasteiger partial charge is 0.244 e. The first-order valence-corrected chi connectivity index (χ1v) is 10.7. The monoisotopic (exact) mass is 433 g/mol. The molecule has 3 aromatic rings. The number of hydrogen-bond donors (Lipinski definition) is 1. The van der Waals surface area contributed by atoms with Crippen LogP contribution in [0.5, 0.6) is 11.5 Å². The highest BCUT2D eigenvalue weighted by atomic mass is 16.5. The summed E-state index contributed by atoms with van der Waals surface area (Å²) in [5.74, 6) is 1.25. The molecule has 1 aromatic heterocycles. The Labute approximate surface area is 189 Å². The van der Waals surface area contributed by atoms with Gasteiger partial charge in [-0.05, 0) is 56.5 Å². The molecule has 0 unspecified atom stereocenters. The first kappa shape index (κ1) is 23.1. The van der Waals surface area contributed by atoms with Crippen LogP contribution < -0.4 is 14.8 Å². The van der Waals surface area contributed by atoms with E-state index in [1.807, 2.05) is 42.8 Å². The number of nitrogens with one attached hydrogen (secondary N) is 1. The van der Waals surface area contributed by atoms with E-state index in [9.17, 15) is 4.79 Å². The Morgan fingerprint density at radius 3 is 2.38 bits per heavy atom. The second-order valence-electron chi connectivity index (χ2n) is 7.79. The van der Waals surface area contributed by atoms with E-state index in [-0.39, 0.29) is 5.91 Å². The lowest BCUT2D eigenvalue weighted by Gasteiger charge is -2.09. The van der Waals surface area contributed by atoms with Gasteiger partial charge in [-0.1, -0.05) is 35.9 Å². The van der Waals surface area contributed by atoms with Gasteiger partial charge in [0.2, 0.25) is 5.91 Å². The van der Waals surface area contributed by atoms with Crippen LogP contribution in [-0.4, -0.2) is 36.5 Å². The molecule has 0 radical (unpaired) electrons. The number of rotatable bonds is 9. The molecule has 0 spiro atoms. The molecule has 0 aliphatic rings. The fourth-order valence-electron chi connectivity index (χ4n) is 3.56. The maximum absolute atomic E-state index is 12.3. The van der Waals surface area contributed by atoms with Crippen molar-refractivity contribution in [3.05, 3.63) is 82.2 Å². The van der Waals surface area contributed by atoms with Crippen molar-refractivity contribution in [1.82, 2.24) is 15.1 Å². The lowest BCUT2D eigenvalue weighted by Crippen LogP contribution is -2.23. The quantitative estimate of drug-likeness (QED) is 0.513. The maximum Gasteiger partial charge on any atom is 0.244 e. The Morgan fingerprint density at radius 2 is 1.69 bits per heavy atom. The second-order valence-corrected chi connectivity index (χ2v) is 7.79. The second kappa shape index (κ2) is 10.7. The molecular formula is C26H31N3O3. The topological polar surface area (TPSA) is 65.4 Å². The minimum absolute atomic E-state index is 0.129. The molecule has 6 heteroatoms. The number of amides is 1. The lowest BCUT2D eigenvalue weighted by atomic mass is 10.1. The van der Waals surface area contributed by atoms with Crippen LogP contribution in [0, 0.1) is 20.8 Å². The van der Waals surface area contributed by atoms with Crippen LogP contribution in [0.25, 0.3) is 6.08 Å². The lowest BCUT2D eigenvalue weighted by molar-refractivity contribution is -0.116. The Hall–Kier alpha value is -3.54. The summed E-state index contributed by atoms with van der Waals surface area (Å²) in [5, 5.41) is 7.58. The number of aryl methyl sites for hydroxylation is 2. The number of nitrogens with zero attached hydrogens (tertiary/aromatic N) is 2. The molecule has 3 rings (SSSR count). The average Bonchev–Trinajstić information content (AvgIpc) is 3.05. The van der Waals surface area contributed by atoms with Crippen molar-refractivity contribution in [3.8, 4) is 11.5 Å². The highest BCUT2D eigenvalue weighted by Crippen LogP contribution is 2.27. The van der Waals surface area contributed by atoms with Gasteiger partial charge >= 0.3 is 0 Å². The van der Waals surface area contributed by atoms with E-state index in [0.29, 0.717) is 31.0 Å². The number of ether oxygens (including phenoxy) is 2. The van der Waals surface area contributed by atoms with Crippen molar-refractivity contribution >= 4 is 12.0 Å². The van der Waals surface area contributed by atoms with Crippen molar-refractivity contribution in [3.63, 3.8) is 0 Å². The minimum atomic E-state index is -0.129. The van der Waals surface area contributed by atoms with Gasteiger partial charge in [-0.3, -0.25) is 9.48 Å². The van der Waals surface area contributed by atoms with Crippen LogP contribution in [0.2, 0.25) is 0 Å². The van der Waals surface area contributed by atoms with Gasteiger partial charge in [0, 0.05) is 23.9 Å². The number of benzene rings is 2. The van der Waals surface area contributed by atoms with E-state index in [1.54, 1.807) is 20.3 Å². The minimum Gasteiger partial charge on any atom is -0.493 e. The van der Waals surface area contributed by atoms with Gasteiger partial charge in [0.1, 0.15) is 0 Å². The van der Waals surface area contributed by atoms with E-state index < -0.39 is 0 Å². The van der Waals surface area contributed by atoms with Gasteiger partial charge < -0.3 is 14.8 Å². The molecule has 6 nitrogen and oxygen atoms in total. The number of hydrogen-bond acceptors (Lipinski definition) is 4. The van der Waals surface area contributed by atoms with E-state index in [4.69, 9.17) is 9.47 Å². The van der Waals surface area contributed by atoms with E-state index in [0.717, 1.165) is 22.5 Å². The number of aromatic nitrogens is 2. The summed E-state index contributed by atoms with van der Waals surface area (Å²) in [6, 6.07) is 14.2. The molecule has 0 saturated carbocycles. The number of methoxy groups -OCH3 is 2. The molecule has 0 atom stereocenters. The van der Waals surface area contributed by atoms with Crippen LogP contribution >= 0.6 is 0 Å². The fourth-order valence-corrected chi connectivity index (χ4v) is 3.56. The molecule has 0 fully saturated rings. The van der Waals surface area contributed by atoms with Gasteiger partial charge in [-0.2, -0.15) is 5.10 Å². The van der Waals surface area contributed by atoms with E-state index >= 15 is 0 Å². The van der Waals surface area contributed by atoms with E-state index in [2.05, 4.69) is 41.6 Å². The summed E-state index contributed by atoms with van der Waals surface area (Å²) in [5.41, 5.74) is 6.43. The molecule has 0 aliphatic heterocycles. The largest absolute Gasteiger partial charge is 0.493 e. The predicted molar refractivity (Wildman–Crippen MR) is 127 cm³/mol. The van der Waals surface area contributed by atoms with Crippen LogP contribution in [0.15, 0.2) is 48.5 Å². The van der Waals surface area contributed by atoms with Crippen molar-refractivity contribution < 1.29 is 14.3 Å². The van der Waals surface area contributed by atoms with Crippen molar-refractivity contribution in [2.24, 2.45) is 0 Å². The number of carbonyl (C=O) groups excluding carboxylic acids is 1. The standard InChI is InChI=1S/C26H31N3O3/c1-18-6-8-22(9-7-18)17-29-20(3)23(19(2)28-29)11-13-26(30)27-15-14-21-10-12-24(31-4)25(16-21)32-5/h6-13,16H,14-15,17H2,1-5H3,(H,27,30)/b13-11+.